The second-order valence-electron chi connectivity index (χ2n) is 2.20. The minimum absolute atomic E-state index is 1.08. The predicted molar refractivity (Wildman–Crippen MR) is 44.5 cm³/mol. The zero-order valence-corrected chi connectivity index (χ0v) is 6.37. The molecule has 0 amide bonds. The van der Waals surface area contributed by atoms with Gasteiger partial charge in [0.1, 0.15) is 0 Å². The second-order valence-corrected chi connectivity index (χ2v) is 3.33. The molecule has 0 fully saturated rings. The van der Waals surface area contributed by atoms with E-state index in [0.717, 1.165) is 6.54 Å². The third-order valence-corrected chi connectivity index (χ3v) is 2.57. The summed E-state index contributed by atoms with van der Waals surface area (Å²) in [6.45, 7) is 1.08. The van der Waals surface area contributed by atoms with Crippen molar-refractivity contribution in [3.8, 4) is 0 Å². The summed E-state index contributed by atoms with van der Waals surface area (Å²) in [6, 6.07) is 9.11. The van der Waals surface area contributed by atoms with Crippen LogP contribution >= 0.6 is 11.8 Å². The smallest absolute Gasteiger partial charge is 0.0484 e. The van der Waals surface area contributed by atoms with Crippen molar-refractivity contribution in [2.75, 3.05) is 17.6 Å². The number of fused-ring (bicyclic) bond motifs is 1. The van der Waals surface area contributed by atoms with Crippen molar-refractivity contribution in [3.63, 3.8) is 0 Å². The van der Waals surface area contributed by atoms with Gasteiger partial charge in [-0.05, 0) is 18.2 Å². The molecule has 10 heavy (non-hydrogen) atoms. The summed E-state index contributed by atoms with van der Waals surface area (Å²) in [5.74, 6) is 1.18. The Morgan fingerprint density at radius 3 is 3.50 bits per heavy atom. The van der Waals surface area contributed by atoms with E-state index in [1.165, 1.54) is 16.3 Å². The highest BCUT2D eigenvalue weighted by Crippen LogP contribution is 2.29. The van der Waals surface area contributed by atoms with Crippen molar-refractivity contribution < 1.29 is 0 Å². The van der Waals surface area contributed by atoms with Crippen LogP contribution in [0.3, 0.4) is 0 Å². The lowest BCUT2D eigenvalue weighted by molar-refractivity contribution is 1.17. The third kappa shape index (κ3) is 0.991. The van der Waals surface area contributed by atoms with Crippen LogP contribution in [0, 0.1) is 6.07 Å². The molecule has 1 aliphatic heterocycles. The summed E-state index contributed by atoms with van der Waals surface area (Å²) in [5.41, 5.74) is 1.23. The Morgan fingerprint density at radius 1 is 1.60 bits per heavy atom. The zero-order valence-electron chi connectivity index (χ0n) is 5.55. The summed E-state index contributed by atoms with van der Waals surface area (Å²) in [5, 5.41) is 3.31. The van der Waals surface area contributed by atoms with E-state index in [1.807, 2.05) is 23.9 Å². The Hall–Kier alpha value is -0.630. The van der Waals surface area contributed by atoms with Crippen molar-refractivity contribution in [1.82, 2.24) is 0 Å². The van der Waals surface area contributed by atoms with Gasteiger partial charge in [-0.2, -0.15) is 0 Å². The van der Waals surface area contributed by atoms with Crippen molar-refractivity contribution >= 4 is 17.4 Å². The molecular formula is C8H8NS. The standard InChI is InChI=1S/C8H8NS/c1-2-4-8-7(3-1)9-5-6-10-8/h2-4,9H,5-6H2. The number of benzene rings is 1. The molecule has 1 aromatic carbocycles. The highest BCUT2D eigenvalue weighted by atomic mass is 32.2. The Labute approximate surface area is 64.8 Å². The molecule has 0 bridgehead atoms. The highest BCUT2D eigenvalue weighted by Gasteiger charge is 2.05. The topological polar surface area (TPSA) is 12.0 Å². The molecule has 0 saturated heterocycles. The van der Waals surface area contributed by atoms with Crippen LogP contribution in [0.15, 0.2) is 23.1 Å². The first kappa shape index (κ1) is 6.10. The number of anilines is 1. The van der Waals surface area contributed by atoms with Gasteiger partial charge in [0, 0.05) is 22.9 Å². The largest absolute Gasteiger partial charge is 0.383 e. The molecule has 1 N–H and O–H groups in total. The maximum Gasteiger partial charge on any atom is 0.0484 e. The van der Waals surface area contributed by atoms with E-state index in [9.17, 15) is 0 Å². The predicted octanol–water partition coefficient (Wildman–Crippen LogP) is 2.00. The minimum Gasteiger partial charge on any atom is -0.383 e. The van der Waals surface area contributed by atoms with Gasteiger partial charge in [0.15, 0.2) is 0 Å². The van der Waals surface area contributed by atoms with Gasteiger partial charge in [-0.1, -0.05) is 6.07 Å². The van der Waals surface area contributed by atoms with Crippen LogP contribution in [0.4, 0.5) is 5.69 Å². The van der Waals surface area contributed by atoms with E-state index >= 15 is 0 Å². The van der Waals surface area contributed by atoms with Crippen LogP contribution in [-0.2, 0) is 0 Å². The van der Waals surface area contributed by atoms with E-state index in [2.05, 4.69) is 17.4 Å². The first-order valence-corrected chi connectivity index (χ1v) is 4.32. The molecular weight excluding hydrogens is 142 g/mol. The fourth-order valence-corrected chi connectivity index (χ4v) is 1.90. The normalized spacial score (nSPS) is 15.6. The minimum atomic E-state index is 1.08. The summed E-state index contributed by atoms with van der Waals surface area (Å²) in [4.78, 5) is 1.35. The van der Waals surface area contributed by atoms with Gasteiger partial charge >= 0.3 is 0 Å². The first-order valence-electron chi connectivity index (χ1n) is 3.33. The molecule has 1 aromatic rings. The maximum absolute atomic E-state index is 3.31. The van der Waals surface area contributed by atoms with Crippen LogP contribution < -0.4 is 5.32 Å². The number of hydrogen-bond donors (Lipinski definition) is 1. The van der Waals surface area contributed by atoms with E-state index in [0.29, 0.717) is 0 Å². The zero-order chi connectivity index (χ0) is 6.81. The van der Waals surface area contributed by atoms with Crippen LogP contribution in [0.2, 0.25) is 0 Å². The quantitative estimate of drug-likeness (QED) is 0.607. The van der Waals surface area contributed by atoms with Crippen molar-refractivity contribution in [2.24, 2.45) is 0 Å². The Balaban J connectivity index is 2.41. The molecule has 0 saturated carbocycles. The molecule has 0 aliphatic carbocycles. The number of rotatable bonds is 0. The first-order chi connectivity index (χ1) is 4.97. The number of hydrogen-bond acceptors (Lipinski definition) is 2. The Morgan fingerprint density at radius 2 is 2.60 bits per heavy atom. The molecule has 51 valence electrons. The lowest BCUT2D eigenvalue weighted by Crippen LogP contribution is -2.09. The lowest BCUT2D eigenvalue weighted by atomic mass is 10.3. The van der Waals surface area contributed by atoms with Gasteiger partial charge in [0.2, 0.25) is 0 Å². The van der Waals surface area contributed by atoms with Crippen molar-refractivity contribution in [2.45, 2.75) is 4.90 Å². The van der Waals surface area contributed by atoms with Crippen molar-refractivity contribution in [3.05, 3.63) is 24.3 Å². The van der Waals surface area contributed by atoms with E-state index < -0.39 is 0 Å². The number of thioether (sulfide) groups is 1. The fraction of sp³-hybridized carbons (Fsp3) is 0.250. The average Bonchev–Trinajstić information content (AvgIpc) is 2.05. The summed E-state index contributed by atoms with van der Waals surface area (Å²) in [7, 11) is 0. The Bertz CT molecular complexity index is 209. The average molecular weight is 150 g/mol. The van der Waals surface area contributed by atoms with Gasteiger partial charge in [0.25, 0.3) is 0 Å². The molecule has 0 aromatic heterocycles. The second kappa shape index (κ2) is 2.54. The molecule has 2 rings (SSSR count). The summed E-state index contributed by atoms with van der Waals surface area (Å²) in [6.07, 6.45) is 0. The van der Waals surface area contributed by atoms with E-state index in [1.54, 1.807) is 0 Å². The van der Waals surface area contributed by atoms with Gasteiger partial charge in [-0.15, -0.1) is 11.8 Å². The third-order valence-electron chi connectivity index (χ3n) is 1.50. The SMILES string of the molecule is [c]1ccc2c(c1)NCCS2. The summed E-state index contributed by atoms with van der Waals surface area (Å²) >= 11 is 1.91. The van der Waals surface area contributed by atoms with Crippen LogP contribution in [0.5, 0.6) is 0 Å². The molecule has 1 radical (unpaired) electrons. The maximum atomic E-state index is 3.31. The molecule has 1 heterocycles. The fourth-order valence-electron chi connectivity index (χ4n) is 1.03. The summed E-state index contributed by atoms with van der Waals surface area (Å²) < 4.78 is 0. The van der Waals surface area contributed by atoms with E-state index in [-0.39, 0.29) is 0 Å². The van der Waals surface area contributed by atoms with Crippen LogP contribution in [-0.4, -0.2) is 12.3 Å². The van der Waals surface area contributed by atoms with Crippen LogP contribution in [0.1, 0.15) is 0 Å². The lowest BCUT2D eigenvalue weighted by Gasteiger charge is -2.15. The molecule has 0 spiro atoms. The Kier molecular flexibility index (Phi) is 1.55. The van der Waals surface area contributed by atoms with Gasteiger partial charge in [-0.3, -0.25) is 0 Å². The monoisotopic (exact) mass is 150 g/mol. The molecule has 0 atom stereocenters. The van der Waals surface area contributed by atoms with Crippen LogP contribution in [0.25, 0.3) is 0 Å². The highest BCUT2D eigenvalue weighted by molar-refractivity contribution is 7.99. The van der Waals surface area contributed by atoms with Gasteiger partial charge in [-0.25, -0.2) is 0 Å². The van der Waals surface area contributed by atoms with Gasteiger partial charge in [0.05, 0.1) is 0 Å². The molecule has 2 heteroatoms. The van der Waals surface area contributed by atoms with Gasteiger partial charge < -0.3 is 5.32 Å². The molecule has 1 aliphatic rings. The van der Waals surface area contributed by atoms with E-state index in [4.69, 9.17) is 0 Å². The number of nitrogens with one attached hydrogen (secondary N) is 1. The molecule has 1 nitrogen and oxygen atoms in total. The van der Waals surface area contributed by atoms with Crippen molar-refractivity contribution in [1.29, 1.82) is 0 Å². The molecule has 0 unspecified atom stereocenters.